The van der Waals surface area contributed by atoms with Crippen LogP contribution in [-0.4, -0.2) is 16.0 Å². The monoisotopic (exact) mass is 283 g/mol. The van der Waals surface area contributed by atoms with Crippen molar-refractivity contribution in [3.63, 3.8) is 0 Å². The standard InChI is InChI=1S/C9H6BrN3O3/c10-3-8(14)9-6(12)1-5(4-11)2-7(9)13(15)16/h1-2H,3,12H2. The summed E-state index contributed by atoms with van der Waals surface area (Å²) < 4.78 is 0. The van der Waals surface area contributed by atoms with Crippen molar-refractivity contribution in [3.8, 4) is 6.07 Å². The molecule has 0 saturated heterocycles. The van der Waals surface area contributed by atoms with E-state index < -0.39 is 16.4 Å². The van der Waals surface area contributed by atoms with E-state index in [-0.39, 0.29) is 22.1 Å². The predicted molar refractivity (Wildman–Crippen MR) is 60.3 cm³/mol. The minimum absolute atomic E-state index is 0.0512. The Hall–Kier alpha value is -1.94. The van der Waals surface area contributed by atoms with E-state index in [1.807, 2.05) is 0 Å². The Bertz CT molecular complexity index is 507. The highest BCUT2D eigenvalue weighted by molar-refractivity contribution is 9.09. The summed E-state index contributed by atoms with van der Waals surface area (Å²) in [4.78, 5) is 21.5. The van der Waals surface area contributed by atoms with Crippen molar-refractivity contribution in [2.75, 3.05) is 11.1 Å². The van der Waals surface area contributed by atoms with Crippen molar-refractivity contribution in [3.05, 3.63) is 33.4 Å². The van der Waals surface area contributed by atoms with E-state index in [0.717, 1.165) is 6.07 Å². The second-order valence-corrected chi connectivity index (χ2v) is 3.45. The Morgan fingerprint density at radius 2 is 2.25 bits per heavy atom. The minimum atomic E-state index is -0.729. The van der Waals surface area contributed by atoms with Crippen LogP contribution in [0.25, 0.3) is 0 Å². The number of rotatable bonds is 3. The third-order valence-electron chi connectivity index (χ3n) is 1.87. The average Bonchev–Trinajstić information content (AvgIpc) is 2.26. The first kappa shape index (κ1) is 12.1. The molecule has 0 bridgehead atoms. The van der Waals surface area contributed by atoms with Gasteiger partial charge in [0.05, 0.1) is 27.6 Å². The highest BCUT2D eigenvalue weighted by atomic mass is 79.9. The Morgan fingerprint density at radius 3 is 2.69 bits per heavy atom. The molecule has 0 amide bonds. The van der Waals surface area contributed by atoms with E-state index in [1.54, 1.807) is 6.07 Å². The fourth-order valence-electron chi connectivity index (χ4n) is 1.23. The van der Waals surface area contributed by atoms with Gasteiger partial charge in [-0.15, -0.1) is 0 Å². The number of Topliss-reactive ketones (excluding diaryl/α,β-unsaturated/α-hetero) is 1. The Balaban J connectivity index is 3.53. The predicted octanol–water partition coefficient (Wildman–Crippen LogP) is 1.63. The van der Waals surface area contributed by atoms with Gasteiger partial charge in [0.2, 0.25) is 0 Å². The molecule has 1 rings (SSSR count). The van der Waals surface area contributed by atoms with Gasteiger partial charge in [-0.2, -0.15) is 5.26 Å². The number of carbonyl (C=O) groups is 1. The molecule has 0 aliphatic heterocycles. The topological polar surface area (TPSA) is 110 Å². The third kappa shape index (κ3) is 2.17. The summed E-state index contributed by atoms with van der Waals surface area (Å²) in [6, 6.07) is 4.01. The van der Waals surface area contributed by atoms with Crippen molar-refractivity contribution in [2.24, 2.45) is 0 Å². The normalized spacial score (nSPS) is 9.50. The fraction of sp³-hybridized carbons (Fsp3) is 0.111. The van der Waals surface area contributed by atoms with Gasteiger partial charge in [-0.05, 0) is 6.07 Å². The Morgan fingerprint density at radius 1 is 1.62 bits per heavy atom. The maximum atomic E-state index is 11.4. The van der Waals surface area contributed by atoms with Crippen molar-refractivity contribution in [2.45, 2.75) is 0 Å². The molecule has 0 aliphatic carbocycles. The molecular formula is C9H6BrN3O3. The lowest BCUT2D eigenvalue weighted by Gasteiger charge is -2.04. The van der Waals surface area contributed by atoms with Gasteiger partial charge in [-0.25, -0.2) is 0 Å². The van der Waals surface area contributed by atoms with E-state index in [2.05, 4.69) is 15.9 Å². The van der Waals surface area contributed by atoms with Gasteiger partial charge in [0.1, 0.15) is 5.56 Å². The Kier molecular flexibility index (Phi) is 3.58. The quantitative estimate of drug-likeness (QED) is 0.298. The minimum Gasteiger partial charge on any atom is -0.398 e. The largest absolute Gasteiger partial charge is 0.398 e. The number of benzene rings is 1. The molecule has 0 unspecified atom stereocenters. The van der Waals surface area contributed by atoms with Crippen LogP contribution in [0.15, 0.2) is 12.1 Å². The first-order valence-corrected chi connectivity index (χ1v) is 5.20. The van der Waals surface area contributed by atoms with Crippen molar-refractivity contribution in [1.82, 2.24) is 0 Å². The lowest BCUT2D eigenvalue weighted by molar-refractivity contribution is -0.385. The number of nitrogens with zero attached hydrogens (tertiary/aromatic N) is 2. The first-order valence-electron chi connectivity index (χ1n) is 4.08. The van der Waals surface area contributed by atoms with Crippen LogP contribution < -0.4 is 5.73 Å². The number of nitrogen functional groups attached to an aromatic ring is 1. The van der Waals surface area contributed by atoms with Crippen LogP contribution in [0.5, 0.6) is 0 Å². The second kappa shape index (κ2) is 4.72. The van der Waals surface area contributed by atoms with Gasteiger partial charge < -0.3 is 5.73 Å². The molecular weight excluding hydrogens is 278 g/mol. The van der Waals surface area contributed by atoms with E-state index >= 15 is 0 Å². The van der Waals surface area contributed by atoms with Crippen LogP contribution >= 0.6 is 15.9 Å². The SMILES string of the molecule is N#Cc1cc(N)c(C(=O)CBr)c([N+](=O)[O-])c1. The molecule has 0 radical (unpaired) electrons. The molecule has 0 saturated carbocycles. The van der Waals surface area contributed by atoms with Crippen LogP contribution in [0.2, 0.25) is 0 Å². The average molecular weight is 284 g/mol. The van der Waals surface area contributed by atoms with Gasteiger partial charge in [0, 0.05) is 6.07 Å². The number of nitro groups is 1. The van der Waals surface area contributed by atoms with Gasteiger partial charge in [0.15, 0.2) is 5.78 Å². The Labute approximate surface area is 98.9 Å². The molecule has 6 nitrogen and oxygen atoms in total. The number of nitrogens with two attached hydrogens (primary N) is 1. The van der Waals surface area contributed by atoms with E-state index in [9.17, 15) is 14.9 Å². The van der Waals surface area contributed by atoms with Gasteiger partial charge in [-0.3, -0.25) is 14.9 Å². The maximum Gasteiger partial charge on any atom is 0.283 e. The molecule has 0 fully saturated rings. The molecule has 1 aromatic carbocycles. The number of hydrogen-bond donors (Lipinski definition) is 1. The zero-order valence-corrected chi connectivity index (χ0v) is 9.52. The summed E-state index contributed by atoms with van der Waals surface area (Å²) in [5.41, 5.74) is 4.90. The van der Waals surface area contributed by atoms with Gasteiger partial charge in [0.25, 0.3) is 5.69 Å². The lowest BCUT2D eigenvalue weighted by Crippen LogP contribution is -2.09. The number of nitriles is 1. The third-order valence-corrected chi connectivity index (χ3v) is 2.38. The molecule has 1 aromatic rings. The summed E-state index contributed by atoms with van der Waals surface area (Å²) in [6.07, 6.45) is 0. The van der Waals surface area contributed by atoms with E-state index in [1.165, 1.54) is 6.07 Å². The van der Waals surface area contributed by atoms with Crippen molar-refractivity contribution < 1.29 is 9.72 Å². The molecule has 0 aliphatic rings. The summed E-state index contributed by atoms with van der Waals surface area (Å²) in [5, 5.41) is 19.3. The summed E-state index contributed by atoms with van der Waals surface area (Å²) in [6.45, 7) is 0. The van der Waals surface area contributed by atoms with Gasteiger partial charge in [-0.1, -0.05) is 15.9 Å². The molecule has 0 aromatic heterocycles. The fourth-order valence-corrected chi connectivity index (χ4v) is 1.51. The maximum absolute atomic E-state index is 11.4. The molecule has 0 atom stereocenters. The number of carbonyl (C=O) groups excluding carboxylic acids is 1. The zero-order valence-electron chi connectivity index (χ0n) is 7.94. The second-order valence-electron chi connectivity index (χ2n) is 2.89. The number of alkyl halides is 1. The van der Waals surface area contributed by atoms with Crippen molar-refractivity contribution in [1.29, 1.82) is 5.26 Å². The molecule has 16 heavy (non-hydrogen) atoms. The molecule has 2 N–H and O–H groups in total. The van der Waals surface area contributed by atoms with Crippen LogP contribution in [0.4, 0.5) is 11.4 Å². The number of nitro benzene ring substituents is 1. The van der Waals surface area contributed by atoms with Crippen LogP contribution in [0.1, 0.15) is 15.9 Å². The number of ketones is 1. The number of halogens is 1. The van der Waals surface area contributed by atoms with Crippen LogP contribution in [0, 0.1) is 21.4 Å². The zero-order chi connectivity index (χ0) is 12.3. The highest BCUT2D eigenvalue weighted by Crippen LogP contribution is 2.27. The summed E-state index contributed by atoms with van der Waals surface area (Å²) >= 11 is 2.91. The highest BCUT2D eigenvalue weighted by Gasteiger charge is 2.23. The van der Waals surface area contributed by atoms with E-state index in [0.29, 0.717) is 0 Å². The summed E-state index contributed by atoms with van der Waals surface area (Å²) in [7, 11) is 0. The molecule has 0 heterocycles. The molecule has 82 valence electrons. The molecule has 7 heteroatoms. The van der Waals surface area contributed by atoms with Crippen LogP contribution in [-0.2, 0) is 0 Å². The number of hydrogen-bond acceptors (Lipinski definition) is 5. The molecule has 0 spiro atoms. The smallest absolute Gasteiger partial charge is 0.283 e. The first-order chi connectivity index (χ1) is 7.51. The lowest BCUT2D eigenvalue weighted by atomic mass is 10.0. The van der Waals surface area contributed by atoms with Crippen molar-refractivity contribution >= 4 is 33.1 Å². The van der Waals surface area contributed by atoms with Crippen LogP contribution in [0.3, 0.4) is 0 Å². The summed E-state index contributed by atoms with van der Waals surface area (Å²) in [5.74, 6) is -0.492. The van der Waals surface area contributed by atoms with E-state index in [4.69, 9.17) is 11.0 Å². The van der Waals surface area contributed by atoms with Gasteiger partial charge >= 0.3 is 0 Å². The number of anilines is 1.